The maximum absolute atomic E-state index is 12.7. The van der Waals surface area contributed by atoms with Crippen molar-refractivity contribution in [3.63, 3.8) is 0 Å². The number of carbonyl (C=O) groups is 2. The molecule has 0 spiro atoms. The van der Waals surface area contributed by atoms with Crippen LogP contribution in [0.15, 0.2) is 67.3 Å². The van der Waals surface area contributed by atoms with Gasteiger partial charge in [-0.2, -0.15) is 0 Å². The molecule has 1 atom stereocenters. The number of hydrogen-bond acceptors (Lipinski definition) is 4. The van der Waals surface area contributed by atoms with E-state index in [2.05, 4.69) is 20.6 Å². The lowest BCUT2D eigenvalue weighted by Gasteiger charge is -2.18. The van der Waals surface area contributed by atoms with E-state index in [1.165, 1.54) is 6.20 Å². The molecule has 0 fully saturated rings. The Hall–Kier alpha value is -3.48. The molecule has 0 saturated carbocycles. The van der Waals surface area contributed by atoms with Crippen LogP contribution in [0.5, 0.6) is 0 Å². The minimum absolute atomic E-state index is 0.265. The minimum Gasteiger partial charge on any atom is -0.347 e. The summed E-state index contributed by atoms with van der Waals surface area (Å²) in [6.07, 6.45) is 6.94. The summed E-state index contributed by atoms with van der Waals surface area (Å²) in [7, 11) is 1.86. The molecule has 0 radical (unpaired) electrons. The number of amides is 2. The Morgan fingerprint density at radius 3 is 2.59 bits per heavy atom. The molecular weight excluding hydrogens is 342 g/mol. The van der Waals surface area contributed by atoms with Gasteiger partial charge in [-0.3, -0.25) is 14.6 Å². The highest BCUT2D eigenvalue weighted by atomic mass is 16.2. The van der Waals surface area contributed by atoms with Crippen LogP contribution >= 0.6 is 0 Å². The molecule has 2 N–H and O–H groups in total. The number of carbonyl (C=O) groups excluding carboxylic acids is 2. The van der Waals surface area contributed by atoms with Crippen LogP contribution in [0.1, 0.15) is 21.7 Å². The highest BCUT2D eigenvalue weighted by Gasteiger charge is 2.22. The second kappa shape index (κ2) is 8.75. The summed E-state index contributed by atoms with van der Waals surface area (Å²) in [6, 6.07) is 12.2. The van der Waals surface area contributed by atoms with E-state index in [0.717, 1.165) is 11.4 Å². The fourth-order valence-electron chi connectivity index (χ4n) is 2.65. The van der Waals surface area contributed by atoms with E-state index in [0.29, 0.717) is 12.0 Å². The van der Waals surface area contributed by atoms with E-state index in [1.807, 2.05) is 48.1 Å². The first-order valence-corrected chi connectivity index (χ1v) is 8.62. The van der Waals surface area contributed by atoms with Crippen molar-refractivity contribution in [2.24, 2.45) is 7.05 Å². The summed E-state index contributed by atoms with van der Waals surface area (Å²) in [6.45, 7) is 0.288. The van der Waals surface area contributed by atoms with Crippen LogP contribution in [-0.2, 0) is 24.8 Å². The summed E-state index contributed by atoms with van der Waals surface area (Å²) >= 11 is 0. The molecule has 2 heterocycles. The Morgan fingerprint density at radius 2 is 1.93 bits per heavy atom. The molecule has 0 aliphatic carbocycles. The number of nitrogens with one attached hydrogen (secondary N) is 2. The molecule has 3 rings (SSSR count). The standard InChI is InChI=1S/C20H21N5O2/c1-25-11-10-22-18(25)14-23-20(27)17(12-15-6-3-2-4-7-15)24-19(26)16-8-5-9-21-13-16/h2-11,13,17H,12,14H2,1H3,(H,23,27)(H,24,26). The number of pyridine rings is 1. The monoisotopic (exact) mass is 363 g/mol. The van der Waals surface area contributed by atoms with Gasteiger partial charge in [0, 0.05) is 38.3 Å². The third kappa shape index (κ3) is 5.01. The fourth-order valence-corrected chi connectivity index (χ4v) is 2.65. The predicted octanol–water partition coefficient (Wildman–Crippen LogP) is 1.47. The lowest BCUT2D eigenvalue weighted by Crippen LogP contribution is -2.48. The van der Waals surface area contributed by atoms with Crippen molar-refractivity contribution < 1.29 is 9.59 Å². The van der Waals surface area contributed by atoms with Crippen LogP contribution in [0, 0.1) is 0 Å². The van der Waals surface area contributed by atoms with Crippen LogP contribution in [0.2, 0.25) is 0 Å². The van der Waals surface area contributed by atoms with E-state index >= 15 is 0 Å². The maximum Gasteiger partial charge on any atom is 0.253 e. The third-order valence-electron chi connectivity index (χ3n) is 4.17. The molecule has 2 aromatic heterocycles. The Morgan fingerprint density at radius 1 is 1.11 bits per heavy atom. The number of imidazole rings is 1. The van der Waals surface area contributed by atoms with Crippen molar-refractivity contribution in [2.45, 2.75) is 19.0 Å². The Bertz CT molecular complexity index is 893. The van der Waals surface area contributed by atoms with Crippen molar-refractivity contribution in [3.8, 4) is 0 Å². The first kappa shape index (κ1) is 18.3. The summed E-state index contributed by atoms with van der Waals surface area (Å²) < 4.78 is 1.83. The van der Waals surface area contributed by atoms with Gasteiger partial charge >= 0.3 is 0 Å². The Labute approximate surface area is 157 Å². The van der Waals surface area contributed by atoms with Gasteiger partial charge in [0.2, 0.25) is 5.91 Å². The first-order valence-electron chi connectivity index (χ1n) is 8.62. The van der Waals surface area contributed by atoms with Crippen LogP contribution in [0.25, 0.3) is 0 Å². The number of rotatable bonds is 7. The van der Waals surface area contributed by atoms with Crippen molar-refractivity contribution in [1.82, 2.24) is 25.2 Å². The SMILES string of the molecule is Cn1ccnc1CNC(=O)C(Cc1ccccc1)NC(=O)c1cccnc1. The van der Waals surface area contributed by atoms with Crippen LogP contribution < -0.4 is 10.6 Å². The first-order chi connectivity index (χ1) is 13.1. The fraction of sp³-hybridized carbons (Fsp3) is 0.200. The quantitative estimate of drug-likeness (QED) is 0.665. The van der Waals surface area contributed by atoms with Gasteiger partial charge in [0.25, 0.3) is 5.91 Å². The zero-order chi connectivity index (χ0) is 19.1. The van der Waals surface area contributed by atoms with Crippen molar-refractivity contribution >= 4 is 11.8 Å². The molecular formula is C20H21N5O2. The predicted molar refractivity (Wildman–Crippen MR) is 101 cm³/mol. The van der Waals surface area contributed by atoms with Crippen LogP contribution in [-0.4, -0.2) is 32.4 Å². The summed E-state index contributed by atoms with van der Waals surface area (Å²) in [5.41, 5.74) is 1.37. The van der Waals surface area contributed by atoms with Crippen molar-refractivity contribution in [2.75, 3.05) is 0 Å². The molecule has 7 heteroatoms. The molecule has 27 heavy (non-hydrogen) atoms. The minimum atomic E-state index is -0.708. The average molecular weight is 363 g/mol. The third-order valence-corrected chi connectivity index (χ3v) is 4.17. The molecule has 3 aromatic rings. The van der Waals surface area contributed by atoms with E-state index in [-0.39, 0.29) is 18.4 Å². The van der Waals surface area contributed by atoms with Gasteiger partial charge in [0.05, 0.1) is 12.1 Å². The molecule has 2 amide bonds. The van der Waals surface area contributed by atoms with E-state index < -0.39 is 6.04 Å². The molecule has 0 saturated heterocycles. The van der Waals surface area contributed by atoms with Crippen LogP contribution in [0.4, 0.5) is 0 Å². The number of aryl methyl sites for hydroxylation is 1. The van der Waals surface area contributed by atoms with Gasteiger partial charge in [0.1, 0.15) is 11.9 Å². The van der Waals surface area contributed by atoms with Crippen molar-refractivity contribution in [1.29, 1.82) is 0 Å². The lowest BCUT2D eigenvalue weighted by molar-refractivity contribution is -0.123. The topological polar surface area (TPSA) is 88.9 Å². The molecule has 0 aliphatic heterocycles. The van der Waals surface area contributed by atoms with Crippen molar-refractivity contribution in [3.05, 3.63) is 84.2 Å². The maximum atomic E-state index is 12.7. The molecule has 7 nitrogen and oxygen atoms in total. The highest BCUT2D eigenvalue weighted by molar-refractivity contribution is 5.97. The smallest absolute Gasteiger partial charge is 0.253 e. The number of aromatic nitrogens is 3. The van der Waals surface area contributed by atoms with E-state index in [4.69, 9.17) is 0 Å². The number of nitrogens with zero attached hydrogens (tertiary/aromatic N) is 3. The number of hydrogen-bond donors (Lipinski definition) is 2. The molecule has 138 valence electrons. The normalized spacial score (nSPS) is 11.6. The molecule has 1 aromatic carbocycles. The Kier molecular flexibility index (Phi) is 5.94. The Balaban J connectivity index is 1.71. The van der Waals surface area contributed by atoms with Crippen LogP contribution in [0.3, 0.4) is 0 Å². The van der Waals surface area contributed by atoms with Gasteiger partial charge < -0.3 is 15.2 Å². The molecule has 0 aliphatic rings. The molecule has 0 bridgehead atoms. The summed E-state index contributed by atoms with van der Waals surface area (Å²) in [4.78, 5) is 33.4. The second-order valence-corrected chi connectivity index (χ2v) is 6.13. The number of benzene rings is 1. The second-order valence-electron chi connectivity index (χ2n) is 6.13. The summed E-state index contributed by atoms with van der Waals surface area (Å²) in [5.74, 6) is 0.135. The zero-order valence-electron chi connectivity index (χ0n) is 15.0. The van der Waals surface area contributed by atoms with E-state index in [9.17, 15) is 9.59 Å². The van der Waals surface area contributed by atoms with Gasteiger partial charge in [-0.1, -0.05) is 30.3 Å². The highest BCUT2D eigenvalue weighted by Crippen LogP contribution is 2.06. The van der Waals surface area contributed by atoms with Gasteiger partial charge in [-0.05, 0) is 17.7 Å². The average Bonchev–Trinajstić information content (AvgIpc) is 3.12. The summed E-state index contributed by atoms with van der Waals surface area (Å²) in [5, 5.41) is 5.66. The molecule has 1 unspecified atom stereocenters. The largest absolute Gasteiger partial charge is 0.347 e. The zero-order valence-corrected chi connectivity index (χ0v) is 15.0. The van der Waals surface area contributed by atoms with Gasteiger partial charge in [0.15, 0.2) is 0 Å². The van der Waals surface area contributed by atoms with Gasteiger partial charge in [-0.25, -0.2) is 4.98 Å². The van der Waals surface area contributed by atoms with E-state index in [1.54, 1.807) is 24.5 Å². The van der Waals surface area contributed by atoms with Gasteiger partial charge in [-0.15, -0.1) is 0 Å². The lowest BCUT2D eigenvalue weighted by atomic mass is 10.0.